The molecule has 1 saturated heterocycles. The Balaban J connectivity index is 1.33. The molecule has 0 unspecified atom stereocenters. The normalized spacial score (nSPS) is 14.7. The second-order valence-corrected chi connectivity index (χ2v) is 8.05. The van der Waals surface area contributed by atoms with E-state index in [1.165, 1.54) is 11.1 Å². The highest BCUT2D eigenvalue weighted by atomic mass is 16.2. The number of nitrogens with zero attached hydrogens (tertiary/aromatic N) is 2. The van der Waals surface area contributed by atoms with E-state index in [4.69, 9.17) is 0 Å². The number of aromatic amines is 1. The van der Waals surface area contributed by atoms with Gasteiger partial charge in [0, 0.05) is 42.8 Å². The number of H-pyrrole nitrogens is 1. The zero-order valence-corrected chi connectivity index (χ0v) is 18.3. The minimum Gasteiger partial charge on any atom is -0.351 e. The highest BCUT2D eigenvalue weighted by Crippen LogP contribution is 2.23. The molecule has 0 bridgehead atoms. The molecule has 2 heterocycles. The lowest BCUT2D eigenvalue weighted by molar-refractivity contribution is -0.117. The number of carbonyl (C=O) groups excluding carboxylic acids is 2. The Morgan fingerprint density at radius 2 is 1.61 bits per heavy atom. The molecule has 0 saturated carbocycles. The van der Waals surface area contributed by atoms with E-state index in [9.17, 15) is 9.59 Å². The molecule has 1 aliphatic rings. The summed E-state index contributed by atoms with van der Waals surface area (Å²) in [5.74, 6) is 0.0238. The summed E-state index contributed by atoms with van der Waals surface area (Å²) in [7, 11) is 0. The Morgan fingerprint density at radius 3 is 2.26 bits per heavy atom. The van der Waals surface area contributed by atoms with Crippen LogP contribution in [0.3, 0.4) is 0 Å². The van der Waals surface area contributed by atoms with E-state index in [0.717, 1.165) is 29.4 Å². The molecular formula is C25H30N4O2. The standard InChI is InChI=1S/C25H30N4O2/c1-3-18-9-7-10-19(4-2)24(18)27-23(30)17-28-12-14-29(15-13-28)25(31)22-16-20-8-5-6-11-21(20)26-22/h5-11,16,26H,3-4,12-15,17H2,1-2H3,(H,27,30). The molecule has 2 amide bonds. The van der Waals surface area contributed by atoms with Crippen molar-refractivity contribution in [1.29, 1.82) is 0 Å². The Bertz CT molecular complexity index is 1020. The first kappa shape index (κ1) is 21.1. The quantitative estimate of drug-likeness (QED) is 0.642. The summed E-state index contributed by atoms with van der Waals surface area (Å²) in [6, 6.07) is 16.0. The van der Waals surface area contributed by atoms with Crippen LogP contribution in [0, 0.1) is 0 Å². The molecule has 31 heavy (non-hydrogen) atoms. The fourth-order valence-corrected chi connectivity index (χ4v) is 4.25. The van der Waals surface area contributed by atoms with Crippen molar-refractivity contribution in [2.45, 2.75) is 26.7 Å². The van der Waals surface area contributed by atoms with Crippen LogP contribution >= 0.6 is 0 Å². The summed E-state index contributed by atoms with van der Waals surface area (Å²) < 4.78 is 0. The van der Waals surface area contributed by atoms with Crippen molar-refractivity contribution in [2.24, 2.45) is 0 Å². The molecule has 162 valence electrons. The molecule has 6 heteroatoms. The predicted molar refractivity (Wildman–Crippen MR) is 124 cm³/mol. The van der Waals surface area contributed by atoms with E-state index in [0.29, 0.717) is 38.4 Å². The number of fused-ring (bicyclic) bond motifs is 1. The van der Waals surface area contributed by atoms with Gasteiger partial charge in [0.2, 0.25) is 5.91 Å². The molecule has 0 aliphatic carbocycles. The largest absolute Gasteiger partial charge is 0.351 e. The van der Waals surface area contributed by atoms with Crippen LogP contribution in [0.25, 0.3) is 10.9 Å². The number of aromatic nitrogens is 1. The number of piperazine rings is 1. The molecular weight excluding hydrogens is 388 g/mol. The molecule has 1 fully saturated rings. The van der Waals surface area contributed by atoms with Crippen molar-refractivity contribution >= 4 is 28.4 Å². The van der Waals surface area contributed by atoms with Gasteiger partial charge in [-0.2, -0.15) is 0 Å². The van der Waals surface area contributed by atoms with Crippen LogP contribution in [0.2, 0.25) is 0 Å². The summed E-state index contributed by atoms with van der Waals surface area (Å²) in [6.45, 7) is 7.17. The molecule has 6 nitrogen and oxygen atoms in total. The third-order valence-corrected chi connectivity index (χ3v) is 6.05. The summed E-state index contributed by atoms with van der Waals surface area (Å²) in [5.41, 5.74) is 4.89. The number of carbonyl (C=O) groups is 2. The molecule has 0 radical (unpaired) electrons. The van der Waals surface area contributed by atoms with Crippen LogP contribution in [0.15, 0.2) is 48.5 Å². The molecule has 1 aliphatic heterocycles. The number of hydrogen-bond donors (Lipinski definition) is 2. The summed E-state index contributed by atoms with van der Waals surface area (Å²) in [4.78, 5) is 32.8. The van der Waals surface area contributed by atoms with Gasteiger partial charge in [0.1, 0.15) is 5.69 Å². The second kappa shape index (κ2) is 9.35. The Labute approximate surface area is 183 Å². The van der Waals surface area contributed by atoms with Gasteiger partial charge in [0.05, 0.1) is 6.54 Å². The van der Waals surface area contributed by atoms with Crippen LogP contribution in [0.4, 0.5) is 5.69 Å². The fourth-order valence-electron chi connectivity index (χ4n) is 4.25. The zero-order chi connectivity index (χ0) is 21.8. The van der Waals surface area contributed by atoms with Crippen molar-refractivity contribution in [3.63, 3.8) is 0 Å². The SMILES string of the molecule is CCc1cccc(CC)c1NC(=O)CN1CCN(C(=O)c2cc3ccccc3[nH]2)CC1. The van der Waals surface area contributed by atoms with Gasteiger partial charge in [-0.3, -0.25) is 14.5 Å². The van der Waals surface area contributed by atoms with Gasteiger partial charge in [0.15, 0.2) is 0 Å². The zero-order valence-electron chi connectivity index (χ0n) is 18.3. The van der Waals surface area contributed by atoms with E-state index in [2.05, 4.69) is 47.2 Å². The number of anilines is 1. The van der Waals surface area contributed by atoms with Crippen LogP contribution < -0.4 is 5.32 Å². The molecule has 0 atom stereocenters. The highest BCUT2D eigenvalue weighted by molar-refractivity contribution is 5.98. The number of rotatable bonds is 6. The van der Waals surface area contributed by atoms with Gasteiger partial charge in [-0.15, -0.1) is 0 Å². The van der Waals surface area contributed by atoms with Gasteiger partial charge in [0.25, 0.3) is 5.91 Å². The highest BCUT2D eigenvalue weighted by Gasteiger charge is 2.24. The first-order chi connectivity index (χ1) is 15.1. The van der Waals surface area contributed by atoms with Crippen LogP contribution in [0.1, 0.15) is 35.5 Å². The maximum atomic E-state index is 12.9. The van der Waals surface area contributed by atoms with E-state index in [1.54, 1.807) is 0 Å². The lowest BCUT2D eigenvalue weighted by Gasteiger charge is -2.34. The van der Waals surface area contributed by atoms with Gasteiger partial charge >= 0.3 is 0 Å². The Morgan fingerprint density at radius 1 is 0.935 bits per heavy atom. The minimum atomic E-state index is 0.00555. The average molecular weight is 419 g/mol. The third kappa shape index (κ3) is 4.64. The van der Waals surface area contributed by atoms with Crippen molar-refractivity contribution < 1.29 is 9.59 Å². The number of benzene rings is 2. The van der Waals surface area contributed by atoms with E-state index in [-0.39, 0.29) is 11.8 Å². The molecule has 2 N–H and O–H groups in total. The average Bonchev–Trinajstić information content (AvgIpc) is 3.23. The van der Waals surface area contributed by atoms with E-state index < -0.39 is 0 Å². The molecule has 0 spiro atoms. The van der Waals surface area contributed by atoms with Crippen molar-refractivity contribution in [1.82, 2.24) is 14.8 Å². The molecule has 4 rings (SSSR count). The first-order valence-corrected chi connectivity index (χ1v) is 11.1. The Hall–Kier alpha value is -3.12. The molecule has 2 aromatic carbocycles. The van der Waals surface area contributed by atoms with Crippen LogP contribution in [-0.4, -0.2) is 59.3 Å². The summed E-state index contributed by atoms with van der Waals surface area (Å²) >= 11 is 0. The summed E-state index contributed by atoms with van der Waals surface area (Å²) in [6.07, 6.45) is 1.77. The lowest BCUT2D eigenvalue weighted by Crippen LogP contribution is -2.50. The number of nitrogens with one attached hydrogen (secondary N) is 2. The predicted octanol–water partition coefficient (Wildman–Crippen LogP) is 3.69. The topological polar surface area (TPSA) is 68.4 Å². The number of amides is 2. The number of hydrogen-bond acceptors (Lipinski definition) is 3. The monoisotopic (exact) mass is 418 g/mol. The maximum Gasteiger partial charge on any atom is 0.270 e. The van der Waals surface area contributed by atoms with Gasteiger partial charge < -0.3 is 15.2 Å². The van der Waals surface area contributed by atoms with Gasteiger partial charge in [-0.1, -0.05) is 50.2 Å². The van der Waals surface area contributed by atoms with Crippen molar-refractivity contribution in [3.8, 4) is 0 Å². The van der Waals surface area contributed by atoms with Crippen molar-refractivity contribution in [2.75, 3.05) is 38.0 Å². The van der Waals surface area contributed by atoms with E-state index >= 15 is 0 Å². The van der Waals surface area contributed by atoms with E-state index in [1.807, 2.05) is 35.2 Å². The fraction of sp³-hybridized carbons (Fsp3) is 0.360. The second-order valence-electron chi connectivity index (χ2n) is 8.05. The number of aryl methyl sites for hydroxylation is 2. The minimum absolute atomic E-state index is 0.00555. The van der Waals surface area contributed by atoms with Crippen LogP contribution in [-0.2, 0) is 17.6 Å². The maximum absolute atomic E-state index is 12.9. The van der Waals surface area contributed by atoms with Crippen LogP contribution in [0.5, 0.6) is 0 Å². The van der Waals surface area contributed by atoms with Gasteiger partial charge in [-0.05, 0) is 36.1 Å². The lowest BCUT2D eigenvalue weighted by atomic mass is 10.0. The summed E-state index contributed by atoms with van der Waals surface area (Å²) in [5, 5.41) is 4.18. The molecule has 1 aromatic heterocycles. The number of para-hydroxylation sites is 2. The van der Waals surface area contributed by atoms with Crippen molar-refractivity contribution in [3.05, 3.63) is 65.4 Å². The first-order valence-electron chi connectivity index (χ1n) is 11.1. The third-order valence-electron chi connectivity index (χ3n) is 6.05. The van der Waals surface area contributed by atoms with Gasteiger partial charge in [-0.25, -0.2) is 0 Å². The smallest absolute Gasteiger partial charge is 0.270 e. The molecule has 3 aromatic rings. The Kier molecular flexibility index (Phi) is 6.37.